The number of rotatable bonds is 5. The van der Waals surface area contributed by atoms with Gasteiger partial charge in [0.1, 0.15) is 11.8 Å². The molecule has 0 spiro atoms. The van der Waals surface area contributed by atoms with Gasteiger partial charge in [-0.25, -0.2) is 0 Å². The minimum absolute atomic E-state index is 0.227. The fourth-order valence-corrected chi connectivity index (χ4v) is 1.99. The smallest absolute Gasteiger partial charge is 0.136 e. The molecule has 1 aromatic carbocycles. The Balaban J connectivity index is 2.03. The van der Waals surface area contributed by atoms with Gasteiger partial charge in [0.05, 0.1) is 12.7 Å². The molecule has 0 fully saturated rings. The molecule has 0 amide bonds. The zero-order chi connectivity index (χ0) is 14.4. The van der Waals surface area contributed by atoms with Gasteiger partial charge in [0.25, 0.3) is 0 Å². The lowest BCUT2D eigenvalue weighted by atomic mass is 10.1. The van der Waals surface area contributed by atoms with Crippen LogP contribution in [0.15, 0.2) is 42.7 Å². The molecule has 0 bridgehead atoms. The van der Waals surface area contributed by atoms with Crippen LogP contribution in [-0.2, 0) is 6.54 Å². The van der Waals surface area contributed by atoms with Gasteiger partial charge in [-0.05, 0) is 42.3 Å². The van der Waals surface area contributed by atoms with Crippen LogP contribution >= 0.6 is 0 Å². The van der Waals surface area contributed by atoms with E-state index in [2.05, 4.69) is 23.3 Å². The Kier molecular flexibility index (Phi) is 4.70. The first-order valence-corrected chi connectivity index (χ1v) is 6.45. The molecule has 0 aliphatic carbocycles. The number of benzene rings is 1. The van der Waals surface area contributed by atoms with Gasteiger partial charge in [0.2, 0.25) is 0 Å². The van der Waals surface area contributed by atoms with Gasteiger partial charge in [0.15, 0.2) is 0 Å². The van der Waals surface area contributed by atoms with Crippen molar-refractivity contribution in [2.24, 2.45) is 0 Å². The highest BCUT2D eigenvalue weighted by molar-refractivity contribution is 5.45. The number of hydrogen-bond donors (Lipinski definition) is 1. The zero-order valence-corrected chi connectivity index (χ0v) is 11.6. The molecule has 20 heavy (non-hydrogen) atoms. The molecule has 0 saturated heterocycles. The maximum atomic E-state index is 9.07. The molecular weight excluding hydrogens is 250 g/mol. The third kappa shape index (κ3) is 3.34. The molecule has 0 aliphatic heterocycles. The number of aromatic nitrogens is 1. The zero-order valence-electron chi connectivity index (χ0n) is 11.6. The fraction of sp³-hybridized carbons (Fsp3) is 0.250. The van der Waals surface area contributed by atoms with Crippen LogP contribution in [-0.4, -0.2) is 12.1 Å². The highest BCUT2D eigenvalue weighted by Crippen LogP contribution is 2.19. The van der Waals surface area contributed by atoms with Crippen LogP contribution < -0.4 is 10.1 Å². The van der Waals surface area contributed by atoms with Gasteiger partial charge < -0.3 is 10.1 Å². The van der Waals surface area contributed by atoms with Crippen molar-refractivity contribution in [3.63, 3.8) is 0 Å². The summed E-state index contributed by atoms with van der Waals surface area (Å²) in [5, 5.41) is 12.5. The number of pyridine rings is 1. The predicted molar refractivity (Wildman–Crippen MR) is 77.2 cm³/mol. The Labute approximate surface area is 119 Å². The third-order valence-electron chi connectivity index (χ3n) is 3.20. The molecule has 2 aromatic rings. The van der Waals surface area contributed by atoms with Gasteiger partial charge >= 0.3 is 0 Å². The number of nitrogens with one attached hydrogen (secondary N) is 1. The van der Waals surface area contributed by atoms with Gasteiger partial charge in [-0.1, -0.05) is 6.07 Å². The largest absolute Gasteiger partial charge is 0.495 e. The van der Waals surface area contributed by atoms with E-state index in [0.29, 0.717) is 17.9 Å². The summed E-state index contributed by atoms with van der Waals surface area (Å²) in [7, 11) is 1.57. The van der Waals surface area contributed by atoms with Crippen molar-refractivity contribution in [1.82, 2.24) is 10.3 Å². The summed E-state index contributed by atoms with van der Waals surface area (Å²) in [5.74, 6) is 0.610. The maximum Gasteiger partial charge on any atom is 0.136 e. The number of hydrogen-bond acceptors (Lipinski definition) is 4. The molecule has 4 nitrogen and oxygen atoms in total. The molecular formula is C16H17N3O. The average Bonchev–Trinajstić information content (AvgIpc) is 2.53. The molecule has 2 rings (SSSR count). The Hall–Kier alpha value is -2.38. The van der Waals surface area contributed by atoms with E-state index in [1.54, 1.807) is 19.5 Å². The van der Waals surface area contributed by atoms with Crippen molar-refractivity contribution in [3.8, 4) is 11.8 Å². The lowest BCUT2D eigenvalue weighted by Gasteiger charge is -2.14. The van der Waals surface area contributed by atoms with E-state index < -0.39 is 0 Å². The van der Waals surface area contributed by atoms with Crippen LogP contribution in [0.2, 0.25) is 0 Å². The lowest BCUT2D eigenvalue weighted by Crippen LogP contribution is -2.18. The molecule has 1 atom stereocenters. The summed E-state index contributed by atoms with van der Waals surface area (Å²) >= 11 is 0. The summed E-state index contributed by atoms with van der Waals surface area (Å²) < 4.78 is 5.14. The van der Waals surface area contributed by atoms with E-state index >= 15 is 0 Å². The van der Waals surface area contributed by atoms with E-state index in [1.807, 2.05) is 30.3 Å². The van der Waals surface area contributed by atoms with E-state index in [4.69, 9.17) is 10.00 Å². The molecule has 0 aliphatic rings. The Morgan fingerprint density at radius 2 is 2.05 bits per heavy atom. The van der Waals surface area contributed by atoms with Crippen molar-refractivity contribution in [2.75, 3.05) is 7.11 Å². The second-order valence-corrected chi connectivity index (χ2v) is 4.53. The standard InChI is InChI=1S/C16H17N3O/c1-12(14-5-7-18-8-6-14)19-11-13-3-4-16(20-2)15(9-13)10-17/h3-9,12,19H,11H2,1-2H3. The SMILES string of the molecule is COc1ccc(CNC(C)c2ccncc2)cc1C#N. The first-order chi connectivity index (χ1) is 9.74. The summed E-state index contributed by atoms with van der Waals surface area (Å²) in [6.45, 7) is 2.80. The van der Waals surface area contributed by atoms with Crippen LogP contribution in [0.3, 0.4) is 0 Å². The normalized spacial score (nSPS) is 11.7. The van der Waals surface area contributed by atoms with Gasteiger partial charge in [-0.2, -0.15) is 5.26 Å². The summed E-state index contributed by atoms with van der Waals surface area (Å²) in [5.41, 5.74) is 2.81. The van der Waals surface area contributed by atoms with Gasteiger partial charge in [-0.15, -0.1) is 0 Å². The number of nitrogens with zero attached hydrogens (tertiary/aromatic N) is 2. The molecule has 0 radical (unpaired) electrons. The minimum Gasteiger partial charge on any atom is -0.495 e. The van der Waals surface area contributed by atoms with E-state index in [1.165, 1.54) is 5.56 Å². The average molecular weight is 267 g/mol. The summed E-state index contributed by atoms with van der Waals surface area (Å²) in [6.07, 6.45) is 3.57. The van der Waals surface area contributed by atoms with Gasteiger partial charge in [-0.3, -0.25) is 4.98 Å². The van der Waals surface area contributed by atoms with Crippen LogP contribution in [0.4, 0.5) is 0 Å². The molecule has 1 aromatic heterocycles. The Bertz CT molecular complexity index is 605. The molecule has 102 valence electrons. The van der Waals surface area contributed by atoms with Crippen LogP contribution in [0.25, 0.3) is 0 Å². The van der Waals surface area contributed by atoms with Crippen molar-refractivity contribution < 1.29 is 4.74 Å². The Morgan fingerprint density at radius 3 is 2.70 bits per heavy atom. The van der Waals surface area contributed by atoms with Crippen molar-refractivity contribution >= 4 is 0 Å². The van der Waals surface area contributed by atoms with Crippen LogP contribution in [0.1, 0.15) is 29.7 Å². The molecule has 1 N–H and O–H groups in total. The van der Waals surface area contributed by atoms with E-state index in [-0.39, 0.29) is 6.04 Å². The first-order valence-electron chi connectivity index (χ1n) is 6.45. The monoisotopic (exact) mass is 267 g/mol. The second kappa shape index (κ2) is 6.69. The highest BCUT2D eigenvalue weighted by Gasteiger charge is 2.06. The topological polar surface area (TPSA) is 57.9 Å². The first kappa shape index (κ1) is 14.0. The predicted octanol–water partition coefficient (Wildman–Crippen LogP) is 2.81. The van der Waals surface area contributed by atoms with Crippen molar-refractivity contribution in [3.05, 3.63) is 59.4 Å². The molecule has 1 unspecified atom stereocenters. The summed E-state index contributed by atoms with van der Waals surface area (Å²) in [4.78, 5) is 4.01. The third-order valence-corrected chi connectivity index (χ3v) is 3.20. The van der Waals surface area contributed by atoms with Gasteiger partial charge in [0, 0.05) is 25.0 Å². The quantitative estimate of drug-likeness (QED) is 0.905. The van der Waals surface area contributed by atoms with Crippen LogP contribution in [0, 0.1) is 11.3 Å². The minimum atomic E-state index is 0.227. The number of methoxy groups -OCH3 is 1. The van der Waals surface area contributed by atoms with Crippen LogP contribution in [0.5, 0.6) is 5.75 Å². The van der Waals surface area contributed by atoms with Crippen molar-refractivity contribution in [2.45, 2.75) is 19.5 Å². The lowest BCUT2D eigenvalue weighted by molar-refractivity contribution is 0.413. The number of ether oxygens (including phenoxy) is 1. The molecule has 1 heterocycles. The van der Waals surface area contributed by atoms with E-state index in [9.17, 15) is 0 Å². The summed E-state index contributed by atoms with van der Waals surface area (Å²) in [6, 6.07) is 12.0. The maximum absolute atomic E-state index is 9.07. The fourth-order valence-electron chi connectivity index (χ4n) is 1.99. The second-order valence-electron chi connectivity index (χ2n) is 4.53. The highest BCUT2D eigenvalue weighted by atomic mass is 16.5. The van der Waals surface area contributed by atoms with Crippen molar-refractivity contribution in [1.29, 1.82) is 5.26 Å². The molecule has 0 saturated carbocycles. The Morgan fingerprint density at radius 1 is 1.30 bits per heavy atom. The molecule has 4 heteroatoms. The number of nitriles is 1. The van der Waals surface area contributed by atoms with E-state index in [0.717, 1.165) is 5.56 Å².